The number of carboxylic acid groups (broad SMARTS) is 1. The van der Waals surface area contributed by atoms with Crippen molar-refractivity contribution in [1.82, 2.24) is 9.55 Å². The number of carbonyl (C=O) groups is 2. The Morgan fingerprint density at radius 2 is 1.94 bits per heavy atom. The van der Waals surface area contributed by atoms with Gasteiger partial charge in [0.15, 0.2) is 0 Å². The van der Waals surface area contributed by atoms with Crippen LogP contribution in [0.2, 0.25) is 0 Å². The normalized spacial score (nSPS) is 14.7. The SMILES string of the molecule is COc1ccccc1/C=C1\CCn2c1nc1cc(NC(=O)/C(Cl)=C(/Cl)C(=O)O)ccc1c2=O. The Bertz CT molecular complexity index is 1430. The smallest absolute Gasteiger partial charge is 0.349 e. The summed E-state index contributed by atoms with van der Waals surface area (Å²) in [5.74, 6) is -1.16. The number of benzene rings is 2. The minimum Gasteiger partial charge on any atom is -0.496 e. The highest BCUT2D eigenvalue weighted by atomic mass is 35.5. The summed E-state index contributed by atoms with van der Waals surface area (Å²) < 4.78 is 7.03. The minimum atomic E-state index is -1.52. The molecule has 168 valence electrons. The average Bonchev–Trinajstić information content (AvgIpc) is 3.21. The van der Waals surface area contributed by atoms with Crippen LogP contribution in [-0.4, -0.2) is 33.6 Å². The zero-order valence-corrected chi connectivity index (χ0v) is 18.8. The van der Waals surface area contributed by atoms with Crippen LogP contribution in [0.4, 0.5) is 5.69 Å². The number of aliphatic carboxylic acids is 1. The lowest BCUT2D eigenvalue weighted by Crippen LogP contribution is -2.21. The van der Waals surface area contributed by atoms with E-state index in [-0.39, 0.29) is 11.2 Å². The number of allylic oxidation sites excluding steroid dienone is 1. The van der Waals surface area contributed by atoms with Gasteiger partial charge >= 0.3 is 5.97 Å². The fraction of sp³-hybridized carbons (Fsp3) is 0.130. The van der Waals surface area contributed by atoms with Crippen LogP contribution >= 0.6 is 23.2 Å². The second kappa shape index (κ2) is 9.09. The lowest BCUT2D eigenvalue weighted by molar-refractivity contribution is -0.132. The summed E-state index contributed by atoms with van der Waals surface area (Å²) >= 11 is 11.3. The number of nitrogens with one attached hydrogen (secondary N) is 1. The molecule has 2 heterocycles. The van der Waals surface area contributed by atoms with Gasteiger partial charge in [0.05, 0.1) is 18.0 Å². The summed E-state index contributed by atoms with van der Waals surface area (Å²) in [6.45, 7) is 0.505. The monoisotopic (exact) mass is 485 g/mol. The predicted octanol–water partition coefficient (Wildman–Crippen LogP) is 4.06. The summed E-state index contributed by atoms with van der Waals surface area (Å²) in [5.41, 5.74) is 2.22. The van der Waals surface area contributed by atoms with Crippen LogP contribution in [-0.2, 0) is 16.1 Å². The molecule has 0 fully saturated rings. The maximum absolute atomic E-state index is 13.0. The van der Waals surface area contributed by atoms with E-state index in [1.54, 1.807) is 17.7 Å². The predicted molar refractivity (Wildman–Crippen MR) is 126 cm³/mol. The molecule has 2 aromatic carbocycles. The van der Waals surface area contributed by atoms with Crippen molar-refractivity contribution in [2.75, 3.05) is 12.4 Å². The largest absolute Gasteiger partial charge is 0.496 e. The van der Waals surface area contributed by atoms with Gasteiger partial charge < -0.3 is 15.2 Å². The first-order valence-corrected chi connectivity index (χ1v) is 10.5. The van der Waals surface area contributed by atoms with Crippen molar-refractivity contribution in [2.24, 2.45) is 0 Å². The zero-order valence-electron chi connectivity index (χ0n) is 17.3. The topological polar surface area (TPSA) is 111 Å². The molecule has 8 nitrogen and oxygen atoms in total. The number of methoxy groups -OCH3 is 1. The number of rotatable bonds is 5. The number of anilines is 1. The van der Waals surface area contributed by atoms with E-state index in [0.717, 1.165) is 11.1 Å². The minimum absolute atomic E-state index is 0.192. The molecular formula is C23H17Cl2N3O5. The number of aromatic nitrogens is 2. The van der Waals surface area contributed by atoms with E-state index in [1.807, 2.05) is 30.3 Å². The number of para-hydroxylation sites is 1. The van der Waals surface area contributed by atoms with Crippen LogP contribution in [0.1, 0.15) is 17.8 Å². The Morgan fingerprint density at radius 3 is 2.67 bits per heavy atom. The second-order valence-electron chi connectivity index (χ2n) is 7.17. The van der Waals surface area contributed by atoms with Gasteiger partial charge in [0, 0.05) is 17.8 Å². The van der Waals surface area contributed by atoms with Gasteiger partial charge in [-0.3, -0.25) is 14.2 Å². The lowest BCUT2D eigenvalue weighted by atomic mass is 10.1. The molecule has 0 spiro atoms. The molecule has 0 bridgehead atoms. The molecule has 1 aromatic heterocycles. The van der Waals surface area contributed by atoms with Gasteiger partial charge in [0.25, 0.3) is 11.5 Å². The number of amides is 1. The molecule has 10 heteroatoms. The van der Waals surface area contributed by atoms with Crippen molar-refractivity contribution < 1.29 is 19.4 Å². The number of carbonyl (C=O) groups excluding carboxylic acids is 1. The highest BCUT2D eigenvalue weighted by Gasteiger charge is 2.22. The molecule has 1 amide bonds. The summed E-state index contributed by atoms with van der Waals surface area (Å²) in [5, 5.41) is 10.3. The quantitative estimate of drug-likeness (QED) is 0.527. The van der Waals surface area contributed by atoms with Crippen LogP contribution in [0.3, 0.4) is 0 Å². The molecule has 0 aliphatic carbocycles. The van der Waals surface area contributed by atoms with Crippen molar-refractivity contribution in [3.05, 3.63) is 74.3 Å². The molecule has 0 saturated heterocycles. The van der Waals surface area contributed by atoms with Gasteiger partial charge in [-0.05, 0) is 42.3 Å². The Balaban J connectivity index is 1.74. The third-order valence-electron chi connectivity index (χ3n) is 5.15. The number of hydrogen-bond donors (Lipinski definition) is 2. The third kappa shape index (κ3) is 4.35. The number of hydrogen-bond acceptors (Lipinski definition) is 5. The molecule has 1 aliphatic heterocycles. The van der Waals surface area contributed by atoms with E-state index in [1.165, 1.54) is 12.1 Å². The van der Waals surface area contributed by atoms with E-state index in [4.69, 9.17) is 33.0 Å². The van der Waals surface area contributed by atoms with Gasteiger partial charge in [-0.15, -0.1) is 0 Å². The average molecular weight is 486 g/mol. The van der Waals surface area contributed by atoms with Crippen molar-refractivity contribution in [2.45, 2.75) is 13.0 Å². The molecule has 0 unspecified atom stereocenters. The van der Waals surface area contributed by atoms with E-state index in [9.17, 15) is 14.4 Å². The van der Waals surface area contributed by atoms with E-state index in [2.05, 4.69) is 10.3 Å². The van der Waals surface area contributed by atoms with Crippen molar-refractivity contribution in [3.63, 3.8) is 0 Å². The first-order chi connectivity index (χ1) is 15.8. The molecular weight excluding hydrogens is 469 g/mol. The van der Waals surface area contributed by atoms with Crippen molar-refractivity contribution in [1.29, 1.82) is 0 Å². The molecule has 4 rings (SSSR count). The van der Waals surface area contributed by atoms with Crippen LogP contribution in [0, 0.1) is 0 Å². The van der Waals surface area contributed by atoms with Gasteiger partial charge in [-0.2, -0.15) is 0 Å². The van der Waals surface area contributed by atoms with Crippen molar-refractivity contribution in [3.8, 4) is 5.75 Å². The Kier molecular flexibility index (Phi) is 6.22. The van der Waals surface area contributed by atoms with Crippen molar-refractivity contribution >= 4 is 63.3 Å². The third-order valence-corrected chi connectivity index (χ3v) is 5.96. The summed E-state index contributed by atoms with van der Waals surface area (Å²) in [4.78, 5) is 40.8. The van der Waals surface area contributed by atoms with E-state index >= 15 is 0 Å². The molecule has 1 aliphatic rings. The molecule has 2 N–H and O–H groups in total. The lowest BCUT2D eigenvalue weighted by Gasteiger charge is -2.09. The summed E-state index contributed by atoms with van der Waals surface area (Å²) in [6, 6.07) is 12.1. The maximum Gasteiger partial charge on any atom is 0.349 e. The van der Waals surface area contributed by atoms with Gasteiger partial charge in [0.1, 0.15) is 21.6 Å². The molecule has 0 radical (unpaired) electrons. The molecule has 3 aromatic rings. The Labute approximate surface area is 197 Å². The molecule has 0 saturated carbocycles. The zero-order chi connectivity index (χ0) is 23.7. The summed E-state index contributed by atoms with van der Waals surface area (Å²) in [7, 11) is 1.59. The van der Waals surface area contributed by atoms with Gasteiger partial charge in [-0.1, -0.05) is 41.4 Å². The molecule has 0 atom stereocenters. The van der Waals surface area contributed by atoms with Crippen LogP contribution in [0.25, 0.3) is 22.6 Å². The summed E-state index contributed by atoms with van der Waals surface area (Å²) in [6.07, 6.45) is 2.58. The number of ether oxygens (including phenoxy) is 1. The van der Waals surface area contributed by atoms with Gasteiger partial charge in [-0.25, -0.2) is 9.78 Å². The standard InChI is InChI=1S/C23H17Cl2N3O5/c1-33-17-5-3-2-4-12(17)10-13-8-9-28-20(13)27-16-11-14(6-7-15(16)22(28)30)26-21(29)18(24)19(25)23(31)32/h2-7,10-11H,8-9H2,1H3,(H,26,29)(H,31,32)/b13-10+,19-18-. The van der Waals surface area contributed by atoms with Crippen LogP contribution < -0.4 is 15.6 Å². The maximum atomic E-state index is 13.0. The molecule has 33 heavy (non-hydrogen) atoms. The number of fused-ring (bicyclic) bond motifs is 2. The van der Waals surface area contributed by atoms with Crippen LogP contribution in [0.15, 0.2) is 57.3 Å². The Morgan fingerprint density at radius 1 is 1.18 bits per heavy atom. The fourth-order valence-corrected chi connectivity index (χ4v) is 3.80. The van der Waals surface area contributed by atoms with Crippen LogP contribution in [0.5, 0.6) is 5.75 Å². The highest BCUT2D eigenvalue weighted by Crippen LogP contribution is 2.30. The fourth-order valence-electron chi connectivity index (χ4n) is 3.59. The number of nitrogens with zero attached hydrogens (tertiary/aromatic N) is 2. The van der Waals surface area contributed by atoms with E-state index in [0.29, 0.717) is 35.4 Å². The number of halogens is 2. The van der Waals surface area contributed by atoms with Gasteiger partial charge in [0.2, 0.25) is 0 Å². The van der Waals surface area contributed by atoms with E-state index < -0.39 is 21.9 Å². The Hall–Kier alpha value is -3.62. The first kappa shape index (κ1) is 22.6. The highest BCUT2D eigenvalue weighted by molar-refractivity contribution is 6.54. The second-order valence-corrected chi connectivity index (χ2v) is 7.93. The first-order valence-electron chi connectivity index (χ1n) is 9.78. The number of carboxylic acids is 1.